The van der Waals surface area contributed by atoms with Crippen LogP contribution in [-0.4, -0.2) is 0 Å². The van der Waals surface area contributed by atoms with E-state index in [4.69, 9.17) is 17.3 Å². The van der Waals surface area contributed by atoms with Gasteiger partial charge in [-0.2, -0.15) is 0 Å². The van der Waals surface area contributed by atoms with E-state index in [0.29, 0.717) is 5.56 Å². The van der Waals surface area contributed by atoms with E-state index in [1.54, 1.807) is 0 Å². The van der Waals surface area contributed by atoms with Crippen molar-refractivity contribution in [2.45, 2.75) is 44.6 Å². The van der Waals surface area contributed by atoms with Gasteiger partial charge in [-0.25, -0.2) is 8.78 Å². The average molecular weight is 274 g/mol. The summed E-state index contributed by atoms with van der Waals surface area (Å²) in [4.78, 5) is 0. The van der Waals surface area contributed by atoms with E-state index in [0.717, 1.165) is 30.9 Å². The van der Waals surface area contributed by atoms with Crippen LogP contribution in [0.3, 0.4) is 0 Å². The Balaban J connectivity index is 1.99. The Hall–Kier alpha value is -0.670. The van der Waals surface area contributed by atoms with Crippen molar-refractivity contribution in [1.82, 2.24) is 0 Å². The van der Waals surface area contributed by atoms with Crippen molar-refractivity contribution in [1.29, 1.82) is 0 Å². The monoisotopic (exact) mass is 273 g/mol. The Kier molecular flexibility index (Phi) is 4.57. The minimum absolute atomic E-state index is 0.216. The van der Waals surface area contributed by atoms with Crippen molar-refractivity contribution in [3.8, 4) is 0 Å². The second-order valence-electron chi connectivity index (χ2n) is 5.12. The average Bonchev–Trinajstić information content (AvgIpc) is 2.84. The third-order valence-corrected chi connectivity index (χ3v) is 4.13. The summed E-state index contributed by atoms with van der Waals surface area (Å²) in [5.41, 5.74) is 6.53. The molecule has 1 aromatic rings. The van der Waals surface area contributed by atoms with Crippen molar-refractivity contribution >= 4 is 11.6 Å². The van der Waals surface area contributed by atoms with Crippen LogP contribution in [0.1, 0.15) is 50.1 Å². The minimum Gasteiger partial charge on any atom is -0.324 e. The zero-order valence-corrected chi connectivity index (χ0v) is 11.0. The maximum absolute atomic E-state index is 13.2. The molecule has 0 aromatic heterocycles. The topological polar surface area (TPSA) is 26.0 Å². The Bertz CT molecular complexity index is 417. The Morgan fingerprint density at radius 1 is 1.22 bits per heavy atom. The van der Waals surface area contributed by atoms with E-state index in [9.17, 15) is 8.78 Å². The first-order valence-corrected chi connectivity index (χ1v) is 6.85. The minimum atomic E-state index is -0.924. The molecule has 1 saturated carbocycles. The SMILES string of the molecule is NC(CCC1CCCC1)c1cc(F)c(F)cc1Cl. The molecule has 1 aliphatic rings. The molecule has 0 spiro atoms. The lowest BCUT2D eigenvalue weighted by molar-refractivity contribution is 0.451. The van der Waals surface area contributed by atoms with Crippen molar-refractivity contribution in [3.63, 3.8) is 0 Å². The van der Waals surface area contributed by atoms with Gasteiger partial charge >= 0.3 is 0 Å². The first-order chi connectivity index (χ1) is 8.58. The third kappa shape index (κ3) is 3.21. The van der Waals surface area contributed by atoms with Gasteiger partial charge in [0.1, 0.15) is 0 Å². The molecular weight excluding hydrogens is 256 g/mol. The van der Waals surface area contributed by atoms with E-state index in [1.165, 1.54) is 25.7 Å². The van der Waals surface area contributed by atoms with Gasteiger partial charge in [0.05, 0.1) is 0 Å². The predicted molar refractivity (Wildman–Crippen MR) is 69.5 cm³/mol. The molecule has 4 heteroatoms. The summed E-state index contributed by atoms with van der Waals surface area (Å²) < 4.78 is 26.1. The highest BCUT2D eigenvalue weighted by atomic mass is 35.5. The molecule has 1 aromatic carbocycles. The summed E-state index contributed by atoms with van der Waals surface area (Å²) in [5, 5.41) is 0.216. The lowest BCUT2D eigenvalue weighted by atomic mass is 9.95. The normalized spacial score (nSPS) is 18.2. The maximum atomic E-state index is 13.2. The van der Waals surface area contributed by atoms with Crippen molar-refractivity contribution < 1.29 is 8.78 Å². The molecule has 0 aliphatic heterocycles. The molecule has 1 unspecified atom stereocenters. The molecule has 1 aliphatic carbocycles. The fraction of sp³-hybridized carbons (Fsp3) is 0.571. The quantitative estimate of drug-likeness (QED) is 0.798. The van der Waals surface area contributed by atoms with Gasteiger partial charge in [0.15, 0.2) is 11.6 Å². The molecule has 0 amide bonds. The highest BCUT2D eigenvalue weighted by Crippen LogP contribution is 2.32. The van der Waals surface area contributed by atoms with Crippen LogP contribution < -0.4 is 5.73 Å². The van der Waals surface area contributed by atoms with Crippen LogP contribution in [0.25, 0.3) is 0 Å². The molecule has 0 radical (unpaired) electrons. The molecule has 0 heterocycles. The fourth-order valence-corrected chi connectivity index (χ4v) is 2.98. The summed E-state index contributed by atoms with van der Waals surface area (Å²) in [6.07, 6.45) is 6.93. The molecule has 0 saturated heterocycles. The second kappa shape index (κ2) is 5.98. The van der Waals surface area contributed by atoms with E-state index >= 15 is 0 Å². The molecule has 1 atom stereocenters. The zero-order chi connectivity index (χ0) is 13.1. The fourth-order valence-electron chi connectivity index (χ4n) is 2.69. The van der Waals surface area contributed by atoms with Gasteiger partial charge in [-0.1, -0.05) is 37.3 Å². The standard InChI is InChI=1S/C14H18ClF2N/c15-11-8-13(17)12(16)7-10(11)14(18)6-5-9-3-1-2-4-9/h7-9,14H,1-6,18H2. The van der Waals surface area contributed by atoms with Crippen LogP contribution in [-0.2, 0) is 0 Å². The van der Waals surface area contributed by atoms with Gasteiger partial charge in [0.25, 0.3) is 0 Å². The molecule has 18 heavy (non-hydrogen) atoms. The summed E-state index contributed by atoms with van der Waals surface area (Å²) in [5.74, 6) is -1.07. The lowest BCUT2D eigenvalue weighted by Gasteiger charge is -2.16. The highest BCUT2D eigenvalue weighted by molar-refractivity contribution is 6.31. The molecule has 0 bridgehead atoms. The van der Waals surface area contributed by atoms with Crippen LogP contribution in [0.2, 0.25) is 5.02 Å². The van der Waals surface area contributed by atoms with Crippen molar-refractivity contribution in [2.75, 3.05) is 0 Å². The lowest BCUT2D eigenvalue weighted by Crippen LogP contribution is -2.13. The largest absolute Gasteiger partial charge is 0.324 e. The van der Waals surface area contributed by atoms with Gasteiger partial charge in [-0.05, 0) is 36.5 Å². The van der Waals surface area contributed by atoms with E-state index in [-0.39, 0.29) is 11.1 Å². The van der Waals surface area contributed by atoms with Gasteiger partial charge in [0.2, 0.25) is 0 Å². The molecular formula is C14H18ClF2N. The van der Waals surface area contributed by atoms with Crippen LogP contribution in [0.5, 0.6) is 0 Å². The van der Waals surface area contributed by atoms with Gasteiger partial charge in [-0.15, -0.1) is 0 Å². The van der Waals surface area contributed by atoms with Crippen LogP contribution in [0.4, 0.5) is 8.78 Å². The second-order valence-corrected chi connectivity index (χ2v) is 5.53. The number of nitrogens with two attached hydrogens (primary N) is 1. The molecule has 2 N–H and O–H groups in total. The zero-order valence-electron chi connectivity index (χ0n) is 10.3. The Labute approximate surface area is 111 Å². The van der Waals surface area contributed by atoms with Gasteiger partial charge in [0, 0.05) is 11.1 Å². The van der Waals surface area contributed by atoms with Crippen LogP contribution in [0, 0.1) is 17.6 Å². The molecule has 1 nitrogen and oxygen atoms in total. The number of benzene rings is 1. The van der Waals surface area contributed by atoms with Crippen molar-refractivity contribution in [3.05, 3.63) is 34.4 Å². The Morgan fingerprint density at radius 3 is 2.50 bits per heavy atom. The number of hydrogen-bond acceptors (Lipinski definition) is 1. The third-order valence-electron chi connectivity index (χ3n) is 3.80. The first-order valence-electron chi connectivity index (χ1n) is 6.48. The maximum Gasteiger partial charge on any atom is 0.160 e. The highest BCUT2D eigenvalue weighted by Gasteiger charge is 2.19. The summed E-state index contributed by atoms with van der Waals surface area (Å²) in [6.45, 7) is 0. The number of halogens is 3. The van der Waals surface area contributed by atoms with Crippen molar-refractivity contribution in [2.24, 2.45) is 11.7 Å². The van der Waals surface area contributed by atoms with E-state index < -0.39 is 11.6 Å². The summed E-state index contributed by atoms with van der Waals surface area (Å²) in [6, 6.07) is 1.81. The summed E-state index contributed by atoms with van der Waals surface area (Å²) >= 11 is 5.91. The van der Waals surface area contributed by atoms with Crippen LogP contribution >= 0.6 is 11.6 Å². The number of rotatable bonds is 4. The van der Waals surface area contributed by atoms with E-state index in [2.05, 4.69) is 0 Å². The van der Waals surface area contributed by atoms with Crippen LogP contribution in [0.15, 0.2) is 12.1 Å². The molecule has 100 valence electrons. The predicted octanol–water partition coefficient (Wildman–Crippen LogP) is 4.59. The molecule has 1 fully saturated rings. The summed E-state index contributed by atoms with van der Waals surface area (Å²) in [7, 11) is 0. The molecule has 2 rings (SSSR count). The Morgan fingerprint density at radius 2 is 1.83 bits per heavy atom. The van der Waals surface area contributed by atoms with Gasteiger partial charge < -0.3 is 5.73 Å². The van der Waals surface area contributed by atoms with E-state index in [1.807, 2.05) is 0 Å². The number of hydrogen-bond donors (Lipinski definition) is 1. The smallest absolute Gasteiger partial charge is 0.160 e. The van der Waals surface area contributed by atoms with Gasteiger partial charge in [-0.3, -0.25) is 0 Å². The first kappa shape index (κ1) is 13.8.